The molecule has 4 rings (SSSR count). The van der Waals surface area contributed by atoms with Crippen molar-refractivity contribution < 1.29 is 4.79 Å². The summed E-state index contributed by atoms with van der Waals surface area (Å²) >= 11 is 3.40. The Morgan fingerprint density at radius 2 is 1.74 bits per heavy atom. The minimum atomic E-state index is -0.143. The molecule has 0 atom stereocenters. The molecule has 1 aromatic heterocycles. The van der Waals surface area contributed by atoms with Crippen molar-refractivity contribution in [3.8, 4) is 11.3 Å². The summed E-state index contributed by atoms with van der Waals surface area (Å²) < 4.78 is 0.923. The maximum Gasteiger partial charge on any atom is 0.255 e. The Morgan fingerprint density at radius 1 is 0.963 bits per heavy atom. The highest BCUT2D eigenvalue weighted by atomic mass is 79.9. The van der Waals surface area contributed by atoms with Gasteiger partial charge in [0.2, 0.25) is 0 Å². The highest BCUT2D eigenvalue weighted by Crippen LogP contribution is 2.22. The van der Waals surface area contributed by atoms with Crippen LogP contribution in [0, 0.1) is 0 Å². The standard InChI is InChI=1S/C21H19BrN4O/c22-17-4-3-5-18(14-17)23-21(27)16-8-6-15(7-9-16)19-10-11-20(25-24-19)26-12-1-2-13-26/h3-11,14H,1-2,12-13H2,(H,23,27). The van der Waals surface area contributed by atoms with Crippen LogP contribution in [0.1, 0.15) is 23.2 Å². The second kappa shape index (κ2) is 7.88. The first-order chi connectivity index (χ1) is 13.2. The Hall–Kier alpha value is -2.73. The molecule has 136 valence electrons. The fraction of sp³-hybridized carbons (Fsp3) is 0.190. The van der Waals surface area contributed by atoms with Gasteiger partial charge in [-0.2, -0.15) is 0 Å². The van der Waals surface area contributed by atoms with Crippen molar-refractivity contribution >= 4 is 33.3 Å². The molecule has 0 saturated carbocycles. The lowest BCUT2D eigenvalue weighted by molar-refractivity contribution is 0.102. The minimum Gasteiger partial charge on any atom is -0.355 e. The molecule has 1 saturated heterocycles. The van der Waals surface area contributed by atoms with Crippen LogP contribution in [0.2, 0.25) is 0 Å². The zero-order valence-corrected chi connectivity index (χ0v) is 16.3. The van der Waals surface area contributed by atoms with Crippen molar-refractivity contribution in [2.45, 2.75) is 12.8 Å². The van der Waals surface area contributed by atoms with Gasteiger partial charge in [-0.15, -0.1) is 10.2 Å². The van der Waals surface area contributed by atoms with Crippen LogP contribution in [0.4, 0.5) is 11.5 Å². The summed E-state index contributed by atoms with van der Waals surface area (Å²) in [5, 5.41) is 11.6. The van der Waals surface area contributed by atoms with Gasteiger partial charge in [-0.1, -0.05) is 34.1 Å². The van der Waals surface area contributed by atoms with E-state index in [4.69, 9.17) is 0 Å². The van der Waals surface area contributed by atoms with Gasteiger partial charge in [0.25, 0.3) is 5.91 Å². The number of rotatable bonds is 4. The van der Waals surface area contributed by atoms with E-state index in [2.05, 4.69) is 36.3 Å². The number of benzene rings is 2. The van der Waals surface area contributed by atoms with E-state index in [-0.39, 0.29) is 5.91 Å². The zero-order chi connectivity index (χ0) is 18.6. The van der Waals surface area contributed by atoms with Crippen LogP contribution in [0.15, 0.2) is 65.1 Å². The summed E-state index contributed by atoms with van der Waals surface area (Å²) in [6.07, 6.45) is 2.43. The number of carbonyl (C=O) groups is 1. The third-order valence-electron chi connectivity index (χ3n) is 4.61. The molecule has 0 radical (unpaired) electrons. The Balaban J connectivity index is 1.46. The molecule has 6 heteroatoms. The molecule has 1 aliphatic heterocycles. The van der Waals surface area contributed by atoms with Crippen LogP contribution in [0.25, 0.3) is 11.3 Å². The molecule has 2 aromatic carbocycles. The second-order valence-corrected chi connectivity index (χ2v) is 7.43. The van der Waals surface area contributed by atoms with Gasteiger partial charge in [0.15, 0.2) is 5.82 Å². The van der Waals surface area contributed by atoms with E-state index in [0.29, 0.717) is 5.56 Å². The molecule has 0 bridgehead atoms. The third-order valence-corrected chi connectivity index (χ3v) is 5.10. The Kier molecular flexibility index (Phi) is 5.16. The van der Waals surface area contributed by atoms with E-state index in [9.17, 15) is 4.79 Å². The number of halogens is 1. The number of hydrogen-bond acceptors (Lipinski definition) is 4. The van der Waals surface area contributed by atoms with E-state index in [1.807, 2.05) is 48.5 Å². The summed E-state index contributed by atoms with van der Waals surface area (Å²) in [4.78, 5) is 14.7. The molecule has 2 heterocycles. The predicted octanol–water partition coefficient (Wildman–Crippen LogP) is 4.76. The van der Waals surface area contributed by atoms with E-state index >= 15 is 0 Å². The third kappa shape index (κ3) is 4.17. The Bertz CT molecular complexity index is 935. The minimum absolute atomic E-state index is 0.143. The summed E-state index contributed by atoms with van der Waals surface area (Å²) in [7, 11) is 0. The fourth-order valence-electron chi connectivity index (χ4n) is 3.16. The van der Waals surface area contributed by atoms with Gasteiger partial charge in [0.1, 0.15) is 0 Å². The summed E-state index contributed by atoms with van der Waals surface area (Å²) in [5.41, 5.74) is 3.09. The smallest absolute Gasteiger partial charge is 0.255 e. The number of nitrogens with one attached hydrogen (secondary N) is 1. The fourth-order valence-corrected chi connectivity index (χ4v) is 3.56. The van der Waals surface area contributed by atoms with Crippen LogP contribution < -0.4 is 10.2 Å². The van der Waals surface area contributed by atoms with Gasteiger partial charge in [-0.05, 0) is 55.3 Å². The second-order valence-electron chi connectivity index (χ2n) is 6.51. The largest absolute Gasteiger partial charge is 0.355 e. The van der Waals surface area contributed by atoms with Gasteiger partial charge in [0.05, 0.1) is 5.69 Å². The first-order valence-electron chi connectivity index (χ1n) is 8.95. The van der Waals surface area contributed by atoms with Crippen molar-refractivity contribution in [1.29, 1.82) is 0 Å². The highest BCUT2D eigenvalue weighted by molar-refractivity contribution is 9.10. The maximum atomic E-state index is 12.4. The molecular weight excluding hydrogens is 404 g/mol. The molecule has 27 heavy (non-hydrogen) atoms. The quantitative estimate of drug-likeness (QED) is 0.658. The van der Waals surface area contributed by atoms with Crippen molar-refractivity contribution in [3.05, 3.63) is 70.7 Å². The van der Waals surface area contributed by atoms with Crippen LogP contribution in [0.3, 0.4) is 0 Å². The number of carbonyl (C=O) groups excluding carboxylic acids is 1. The van der Waals surface area contributed by atoms with Crippen molar-refractivity contribution in [1.82, 2.24) is 10.2 Å². The van der Waals surface area contributed by atoms with Crippen LogP contribution >= 0.6 is 15.9 Å². The predicted molar refractivity (Wildman–Crippen MR) is 111 cm³/mol. The van der Waals surface area contributed by atoms with Gasteiger partial charge in [-0.25, -0.2) is 0 Å². The molecular formula is C21H19BrN4O. The molecule has 0 unspecified atom stereocenters. The first kappa shape index (κ1) is 17.7. The SMILES string of the molecule is O=C(Nc1cccc(Br)c1)c1ccc(-c2ccc(N3CCCC3)nn2)cc1. The molecule has 0 spiro atoms. The normalized spacial score (nSPS) is 13.6. The number of nitrogens with zero attached hydrogens (tertiary/aromatic N) is 3. The molecule has 1 N–H and O–H groups in total. The monoisotopic (exact) mass is 422 g/mol. The van der Waals surface area contributed by atoms with Crippen molar-refractivity contribution in [2.24, 2.45) is 0 Å². The lowest BCUT2D eigenvalue weighted by Gasteiger charge is -2.15. The topological polar surface area (TPSA) is 58.1 Å². The molecule has 1 aliphatic rings. The molecule has 1 fully saturated rings. The average Bonchev–Trinajstić information content (AvgIpc) is 3.23. The van der Waals surface area contributed by atoms with E-state index in [1.165, 1.54) is 12.8 Å². The summed E-state index contributed by atoms with van der Waals surface area (Å²) in [6, 6.07) is 18.9. The van der Waals surface area contributed by atoms with Gasteiger partial charge >= 0.3 is 0 Å². The number of hydrogen-bond donors (Lipinski definition) is 1. The lowest BCUT2D eigenvalue weighted by atomic mass is 10.1. The van der Waals surface area contributed by atoms with Gasteiger partial charge < -0.3 is 10.2 Å². The summed E-state index contributed by atoms with van der Waals surface area (Å²) in [6.45, 7) is 2.10. The zero-order valence-electron chi connectivity index (χ0n) is 14.7. The van der Waals surface area contributed by atoms with Crippen LogP contribution in [-0.2, 0) is 0 Å². The summed E-state index contributed by atoms with van der Waals surface area (Å²) in [5.74, 6) is 0.788. The van der Waals surface area contributed by atoms with E-state index in [0.717, 1.165) is 40.3 Å². The average molecular weight is 423 g/mol. The molecule has 5 nitrogen and oxygen atoms in total. The van der Waals surface area contributed by atoms with Gasteiger partial charge in [-0.3, -0.25) is 4.79 Å². The Labute approximate surface area is 166 Å². The van der Waals surface area contributed by atoms with E-state index in [1.54, 1.807) is 12.1 Å². The molecule has 3 aromatic rings. The van der Waals surface area contributed by atoms with Crippen LogP contribution in [0.5, 0.6) is 0 Å². The number of anilines is 2. The van der Waals surface area contributed by atoms with Crippen molar-refractivity contribution in [3.63, 3.8) is 0 Å². The Morgan fingerprint density at radius 3 is 2.41 bits per heavy atom. The molecule has 0 aliphatic carbocycles. The van der Waals surface area contributed by atoms with Gasteiger partial charge in [0, 0.05) is 34.4 Å². The maximum absolute atomic E-state index is 12.4. The number of amides is 1. The van der Waals surface area contributed by atoms with Crippen molar-refractivity contribution in [2.75, 3.05) is 23.3 Å². The highest BCUT2D eigenvalue weighted by Gasteiger charge is 2.14. The van der Waals surface area contributed by atoms with Crippen LogP contribution in [-0.4, -0.2) is 29.2 Å². The lowest BCUT2D eigenvalue weighted by Crippen LogP contribution is -2.19. The van der Waals surface area contributed by atoms with E-state index < -0.39 is 0 Å². The number of aromatic nitrogens is 2. The first-order valence-corrected chi connectivity index (χ1v) is 9.74. The molecule has 1 amide bonds.